The Morgan fingerprint density at radius 3 is 2.28 bits per heavy atom. The van der Waals surface area contributed by atoms with Crippen LogP contribution < -0.4 is 21.0 Å². The molecule has 3 fully saturated rings. The second kappa shape index (κ2) is 11.6. The number of piperidine rings is 3. The first-order chi connectivity index (χ1) is 17.2. The van der Waals surface area contributed by atoms with Crippen LogP contribution in [-0.2, 0) is 14.3 Å². The second-order valence-electron chi connectivity index (χ2n) is 11.3. The van der Waals surface area contributed by atoms with Gasteiger partial charge in [0.2, 0.25) is 11.8 Å². The predicted octanol–water partition coefficient (Wildman–Crippen LogP) is 2.92. The number of carbonyl (C=O) groups is 3. The van der Waals surface area contributed by atoms with E-state index in [0.717, 1.165) is 64.0 Å². The number of anilines is 1. The molecule has 3 saturated heterocycles. The fraction of sp³-hybridized carbons (Fsp3) is 0.667. The Kier molecular flexibility index (Phi) is 8.51. The number of amides is 3. The second-order valence-corrected chi connectivity index (χ2v) is 11.3. The number of imide groups is 1. The van der Waals surface area contributed by atoms with E-state index in [1.807, 2.05) is 37.9 Å². The summed E-state index contributed by atoms with van der Waals surface area (Å²) >= 11 is 0. The molecule has 4 rings (SSSR count). The van der Waals surface area contributed by atoms with Crippen molar-refractivity contribution in [2.24, 2.45) is 5.92 Å². The number of hydrazine groups is 1. The van der Waals surface area contributed by atoms with E-state index in [1.165, 1.54) is 5.69 Å². The zero-order valence-electron chi connectivity index (χ0n) is 21.8. The molecule has 0 saturated carbocycles. The molecule has 0 spiro atoms. The van der Waals surface area contributed by atoms with Crippen LogP contribution in [0.15, 0.2) is 24.3 Å². The van der Waals surface area contributed by atoms with Gasteiger partial charge in [0.1, 0.15) is 5.60 Å². The summed E-state index contributed by atoms with van der Waals surface area (Å²) in [6, 6.07) is 8.80. The number of nitrogens with one attached hydrogen (secondary N) is 3. The van der Waals surface area contributed by atoms with Gasteiger partial charge in [-0.05, 0) is 83.0 Å². The molecule has 1 atom stereocenters. The van der Waals surface area contributed by atoms with Crippen LogP contribution in [0.2, 0.25) is 0 Å². The average Bonchev–Trinajstić information content (AvgIpc) is 2.83. The van der Waals surface area contributed by atoms with E-state index in [1.54, 1.807) is 0 Å². The van der Waals surface area contributed by atoms with Crippen molar-refractivity contribution >= 4 is 23.6 Å². The highest BCUT2D eigenvalue weighted by molar-refractivity contribution is 6.00. The summed E-state index contributed by atoms with van der Waals surface area (Å²) in [6.45, 7) is 10.3. The van der Waals surface area contributed by atoms with E-state index in [-0.39, 0.29) is 23.8 Å². The van der Waals surface area contributed by atoms with Crippen LogP contribution in [0.25, 0.3) is 0 Å². The van der Waals surface area contributed by atoms with Crippen LogP contribution in [0.1, 0.15) is 70.8 Å². The van der Waals surface area contributed by atoms with Crippen LogP contribution in [0.3, 0.4) is 0 Å². The Labute approximate surface area is 214 Å². The van der Waals surface area contributed by atoms with Crippen LogP contribution in [0, 0.1) is 5.92 Å². The van der Waals surface area contributed by atoms with E-state index in [9.17, 15) is 14.4 Å². The molecular weight excluding hydrogens is 458 g/mol. The molecule has 0 aliphatic carbocycles. The molecule has 3 N–H and O–H groups in total. The Bertz CT molecular complexity index is 913. The lowest BCUT2D eigenvalue weighted by atomic mass is 9.90. The zero-order valence-corrected chi connectivity index (χ0v) is 21.8. The summed E-state index contributed by atoms with van der Waals surface area (Å²) in [5.41, 5.74) is 4.54. The van der Waals surface area contributed by atoms with Gasteiger partial charge in [-0.15, -0.1) is 0 Å². The highest BCUT2D eigenvalue weighted by Gasteiger charge is 2.28. The Morgan fingerprint density at radius 2 is 1.67 bits per heavy atom. The Hall–Kier alpha value is -2.65. The molecule has 36 heavy (non-hydrogen) atoms. The number of benzene rings is 1. The molecule has 0 aromatic heterocycles. The van der Waals surface area contributed by atoms with Gasteiger partial charge < -0.3 is 15.0 Å². The lowest BCUT2D eigenvalue weighted by Crippen LogP contribution is -2.50. The molecule has 1 unspecified atom stereocenters. The fourth-order valence-corrected chi connectivity index (χ4v) is 5.28. The van der Waals surface area contributed by atoms with Gasteiger partial charge in [0, 0.05) is 44.3 Å². The van der Waals surface area contributed by atoms with Crippen molar-refractivity contribution in [2.45, 2.75) is 76.9 Å². The van der Waals surface area contributed by atoms with E-state index >= 15 is 0 Å². The number of rotatable bonds is 6. The van der Waals surface area contributed by atoms with Crippen molar-refractivity contribution in [3.63, 3.8) is 0 Å². The lowest BCUT2D eigenvalue weighted by molar-refractivity contribution is -0.134. The summed E-state index contributed by atoms with van der Waals surface area (Å²) < 4.78 is 5.34. The van der Waals surface area contributed by atoms with Crippen molar-refractivity contribution in [2.75, 3.05) is 37.6 Å². The van der Waals surface area contributed by atoms with Crippen LogP contribution in [0.5, 0.6) is 0 Å². The highest BCUT2D eigenvalue weighted by atomic mass is 16.6. The Morgan fingerprint density at radius 1 is 1.00 bits per heavy atom. The maximum absolute atomic E-state index is 12.1. The van der Waals surface area contributed by atoms with Crippen LogP contribution in [-0.4, -0.2) is 67.3 Å². The third-order valence-corrected chi connectivity index (χ3v) is 7.35. The molecule has 198 valence electrons. The molecular formula is C27H41N5O4. The van der Waals surface area contributed by atoms with Crippen molar-refractivity contribution in [1.29, 1.82) is 0 Å². The van der Waals surface area contributed by atoms with Gasteiger partial charge in [-0.2, -0.15) is 0 Å². The molecule has 9 nitrogen and oxygen atoms in total. The van der Waals surface area contributed by atoms with Crippen molar-refractivity contribution in [1.82, 2.24) is 21.1 Å². The van der Waals surface area contributed by atoms with Crippen LogP contribution >= 0.6 is 0 Å². The third-order valence-electron chi connectivity index (χ3n) is 7.35. The van der Waals surface area contributed by atoms with E-state index in [2.05, 4.69) is 33.1 Å². The largest absolute Gasteiger partial charge is 0.443 e. The molecule has 1 aromatic rings. The molecule has 3 amide bonds. The van der Waals surface area contributed by atoms with Gasteiger partial charge >= 0.3 is 6.09 Å². The predicted molar refractivity (Wildman–Crippen MR) is 138 cm³/mol. The first-order valence-corrected chi connectivity index (χ1v) is 13.3. The number of hydrogen-bond donors (Lipinski definition) is 3. The molecule has 0 bridgehead atoms. The monoisotopic (exact) mass is 499 g/mol. The summed E-state index contributed by atoms with van der Waals surface area (Å²) in [5.74, 6) is 0.0343. The number of hydrogen-bond acceptors (Lipinski definition) is 7. The van der Waals surface area contributed by atoms with Crippen LogP contribution in [0.4, 0.5) is 10.5 Å². The SMILES string of the molecule is CC(C)(C)OC(=O)NN1CCC(CNC2CCN(c3ccc(C4CCC(=O)NC4=O)cc3)CC2)CC1. The molecule has 1 aromatic carbocycles. The normalized spacial score (nSPS) is 22.9. The minimum Gasteiger partial charge on any atom is -0.443 e. The summed E-state index contributed by atoms with van der Waals surface area (Å²) in [5, 5.41) is 8.19. The number of ether oxygens (including phenoxy) is 1. The first kappa shape index (κ1) is 26.4. The van der Waals surface area contributed by atoms with Crippen molar-refractivity contribution < 1.29 is 19.1 Å². The first-order valence-electron chi connectivity index (χ1n) is 13.3. The minimum absolute atomic E-state index is 0.176. The summed E-state index contributed by atoms with van der Waals surface area (Å²) in [4.78, 5) is 37.9. The van der Waals surface area contributed by atoms with Crippen molar-refractivity contribution in [3.05, 3.63) is 29.8 Å². The number of carbonyl (C=O) groups excluding carboxylic acids is 3. The van der Waals surface area contributed by atoms with Gasteiger partial charge in [-0.25, -0.2) is 9.80 Å². The topological polar surface area (TPSA) is 103 Å². The smallest absolute Gasteiger partial charge is 0.422 e. The maximum atomic E-state index is 12.1. The van der Waals surface area contributed by atoms with Gasteiger partial charge in [0.15, 0.2) is 0 Å². The highest BCUT2D eigenvalue weighted by Crippen LogP contribution is 2.28. The molecule has 3 aliphatic heterocycles. The minimum atomic E-state index is -0.485. The van der Waals surface area contributed by atoms with E-state index in [4.69, 9.17) is 4.74 Å². The Balaban J connectivity index is 1.14. The van der Waals surface area contributed by atoms with Gasteiger partial charge in [0.05, 0.1) is 5.92 Å². The van der Waals surface area contributed by atoms with E-state index < -0.39 is 5.60 Å². The molecule has 0 radical (unpaired) electrons. The van der Waals surface area contributed by atoms with E-state index in [0.29, 0.717) is 24.8 Å². The standard InChI is InChI=1S/C27H41N5O4/c1-27(2,3)36-26(35)30-32-16-10-19(11-17-32)18-28-21-12-14-31(15-13-21)22-6-4-20(5-7-22)23-8-9-24(33)29-25(23)34/h4-7,19,21,23,28H,8-18H2,1-3H3,(H,30,35)(H,29,33,34). The summed E-state index contributed by atoms with van der Waals surface area (Å²) in [6.07, 6.45) is 4.93. The zero-order chi connectivity index (χ0) is 25.7. The average molecular weight is 500 g/mol. The van der Waals surface area contributed by atoms with Crippen molar-refractivity contribution in [3.8, 4) is 0 Å². The quantitative estimate of drug-likeness (QED) is 0.517. The molecule has 9 heteroatoms. The van der Waals surface area contributed by atoms with Gasteiger partial charge in [-0.1, -0.05) is 12.1 Å². The fourth-order valence-electron chi connectivity index (χ4n) is 5.28. The summed E-state index contributed by atoms with van der Waals surface area (Å²) in [7, 11) is 0. The maximum Gasteiger partial charge on any atom is 0.422 e. The third kappa shape index (κ3) is 7.43. The lowest BCUT2D eigenvalue weighted by Gasteiger charge is -2.36. The molecule has 3 aliphatic rings. The van der Waals surface area contributed by atoms with Gasteiger partial charge in [-0.3, -0.25) is 20.3 Å². The molecule has 3 heterocycles. The number of nitrogens with zero attached hydrogens (tertiary/aromatic N) is 2. The van der Waals surface area contributed by atoms with Gasteiger partial charge in [0.25, 0.3) is 0 Å².